The predicted octanol–water partition coefficient (Wildman–Crippen LogP) is 3.53. The number of para-hydroxylation sites is 1. The van der Waals surface area contributed by atoms with Crippen molar-refractivity contribution in [1.82, 2.24) is 14.8 Å². The van der Waals surface area contributed by atoms with E-state index in [4.69, 9.17) is 4.74 Å². The summed E-state index contributed by atoms with van der Waals surface area (Å²) in [6.45, 7) is 0. The van der Waals surface area contributed by atoms with Gasteiger partial charge in [-0.05, 0) is 23.6 Å². The van der Waals surface area contributed by atoms with Gasteiger partial charge in [0.25, 0.3) is 0 Å². The minimum atomic E-state index is 0.104. The molecular weight excluding hydrogens is 330 g/mol. The summed E-state index contributed by atoms with van der Waals surface area (Å²) in [6.07, 6.45) is 0. The van der Waals surface area contributed by atoms with Crippen molar-refractivity contribution in [2.75, 3.05) is 12.9 Å². The van der Waals surface area contributed by atoms with Gasteiger partial charge >= 0.3 is 0 Å². The summed E-state index contributed by atoms with van der Waals surface area (Å²) >= 11 is 2.84. The molecule has 0 saturated heterocycles. The summed E-state index contributed by atoms with van der Waals surface area (Å²) in [5.41, 5.74) is 0.876. The third-order valence-corrected chi connectivity index (χ3v) is 5.24. The molecule has 2 heterocycles. The maximum absolute atomic E-state index is 12.1. The van der Waals surface area contributed by atoms with E-state index in [9.17, 15) is 4.79 Å². The second-order valence-electron chi connectivity index (χ2n) is 4.75. The van der Waals surface area contributed by atoms with Crippen LogP contribution in [-0.2, 0) is 7.05 Å². The van der Waals surface area contributed by atoms with Gasteiger partial charge in [-0.1, -0.05) is 30.0 Å². The van der Waals surface area contributed by atoms with Crippen molar-refractivity contribution in [3.8, 4) is 17.1 Å². The van der Waals surface area contributed by atoms with E-state index in [0.29, 0.717) is 16.7 Å². The van der Waals surface area contributed by atoms with Crippen molar-refractivity contribution < 1.29 is 9.53 Å². The van der Waals surface area contributed by atoms with E-state index in [1.807, 2.05) is 53.4 Å². The van der Waals surface area contributed by atoms with E-state index in [0.717, 1.165) is 16.2 Å². The van der Waals surface area contributed by atoms with E-state index in [1.54, 1.807) is 7.11 Å². The van der Waals surface area contributed by atoms with Crippen molar-refractivity contribution in [3.63, 3.8) is 0 Å². The van der Waals surface area contributed by atoms with Gasteiger partial charge in [0.15, 0.2) is 16.8 Å². The largest absolute Gasteiger partial charge is 0.496 e. The first-order valence-corrected chi connectivity index (χ1v) is 8.79. The van der Waals surface area contributed by atoms with Crippen molar-refractivity contribution in [2.45, 2.75) is 5.16 Å². The van der Waals surface area contributed by atoms with E-state index >= 15 is 0 Å². The standard InChI is InChI=1S/C16H15N3O2S2/c1-19-15(11-6-3-4-7-13(11)21-2)17-18-16(19)23-10-12(20)14-8-5-9-22-14/h3-9H,10H2,1-2H3. The first-order valence-electron chi connectivity index (χ1n) is 6.93. The normalized spacial score (nSPS) is 10.7. The van der Waals surface area contributed by atoms with Crippen LogP contribution in [0.2, 0.25) is 0 Å². The molecule has 0 atom stereocenters. The zero-order valence-corrected chi connectivity index (χ0v) is 14.4. The van der Waals surface area contributed by atoms with E-state index in [1.165, 1.54) is 23.1 Å². The Bertz CT molecular complexity index is 813. The Morgan fingerprint density at radius 3 is 2.83 bits per heavy atom. The van der Waals surface area contributed by atoms with Crippen molar-refractivity contribution >= 4 is 28.9 Å². The topological polar surface area (TPSA) is 57.0 Å². The van der Waals surface area contributed by atoms with Crippen molar-refractivity contribution in [3.05, 3.63) is 46.7 Å². The molecule has 1 aromatic carbocycles. The van der Waals surface area contributed by atoms with Gasteiger partial charge in [-0.2, -0.15) is 0 Å². The number of rotatable bonds is 6. The predicted molar refractivity (Wildman–Crippen MR) is 92.4 cm³/mol. The van der Waals surface area contributed by atoms with Gasteiger partial charge in [0, 0.05) is 7.05 Å². The van der Waals surface area contributed by atoms with Gasteiger partial charge in [0.1, 0.15) is 5.75 Å². The number of ketones is 1. The van der Waals surface area contributed by atoms with Crippen LogP contribution in [0.25, 0.3) is 11.4 Å². The van der Waals surface area contributed by atoms with Gasteiger partial charge in [0.05, 0.1) is 23.3 Å². The maximum atomic E-state index is 12.1. The molecule has 7 heteroatoms. The van der Waals surface area contributed by atoms with E-state index < -0.39 is 0 Å². The Morgan fingerprint density at radius 2 is 2.09 bits per heavy atom. The summed E-state index contributed by atoms with van der Waals surface area (Å²) in [4.78, 5) is 12.8. The number of nitrogens with zero attached hydrogens (tertiary/aromatic N) is 3. The molecule has 3 rings (SSSR count). The molecule has 5 nitrogen and oxygen atoms in total. The lowest BCUT2D eigenvalue weighted by molar-refractivity contribution is 0.102. The fraction of sp³-hybridized carbons (Fsp3) is 0.188. The van der Waals surface area contributed by atoms with Crippen LogP contribution in [0, 0.1) is 0 Å². The summed E-state index contributed by atoms with van der Waals surface area (Å²) in [7, 11) is 3.52. The van der Waals surface area contributed by atoms with Crippen LogP contribution in [0.1, 0.15) is 9.67 Å². The molecule has 0 aliphatic rings. The number of hydrogen-bond acceptors (Lipinski definition) is 6. The minimum absolute atomic E-state index is 0.104. The molecule has 0 fully saturated rings. The zero-order chi connectivity index (χ0) is 16.2. The number of hydrogen-bond donors (Lipinski definition) is 0. The molecule has 0 spiro atoms. The number of carbonyl (C=O) groups excluding carboxylic acids is 1. The summed E-state index contributed by atoms with van der Waals surface area (Å²) in [5, 5.41) is 11.0. The molecule has 118 valence electrons. The highest BCUT2D eigenvalue weighted by Gasteiger charge is 2.16. The van der Waals surface area contributed by atoms with Crippen LogP contribution in [0.5, 0.6) is 5.75 Å². The Morgan fingerprint density at radius 1 is 1.26 bits per heavy atom. The molecule has 0 amide bonds. The molecule has 0 bridgehead atoms. The molecule has 3 aromatic rings. The highest BCUT2D eigenvalue weighted by Crippen LogP contribution is 2.30. The molecule has 23 heavy (non-hydrogen) atoms. The highest BCUT2D eigenvalue weighted by atomic mass is 32.2. The molecule has 0 unspecified atom stereocenters. The van der Waals surface area contributed by atoms with Crippen LogP contribution in [-0.4, -0.2) is 33.4 Å². The third-order valence-electron chi connectivity index (χ3n) is 3.31. The summed E-state index contributed by atoms with van der Waals surface area (Å²) in [5.74, 6) is 1.91. The van der Waals surface area contributed by atoms with Gasteiger partial charge < -0.3 is 9.30 Å². The lowest BCUT2D eigenvalue weighted by atomic mass is 10.2. The molecule has 2 aromatic heterocycles. The molecule has 0 saturated carbocycles. The number of thioether (sulfide) groups is 1. The monoisotopic (exact) mass is 345 g/mol. The van der Waals surface area contributed by atoms with E-state index in [-0.39, 0.29) is 5.78 Å². The zero-order valence-electron chi connectivity index (χ0n) is 12.7. The van der Waals surface area contributed by atoms with E-state index in [2.05, 4.69) is 10.2 Å². The Kier molecular flexibility index (Phi) is 4.78. The van der Waals surface area contributed by atoms with Crippen LogP contribution >= 0.6 is 23.1 Å². The van der Waals surface area contributed by atoms with Gasteiger partial charge in [-0.15, -0.1) is 21.5 Å². The van der Waals surface area contributed by atoms with Crippen LogP contribution in [0.15, 0.2) is 46.9 Å². The van der Waals surface area contributed by atoms with Gasteiger partial charge in [-0.3, -0.25) is 4.79 Å². The fourth-order valence-corrected chi connectivity index (χ4v) is 3.69. The Hall–Kier alpha value is -2.12. The lowest BCUT2D eigenvalue weighted by Gasteiger charge is -2.07. The first-order chi connectivity index (χ1) is 11.2. The number of benzene rings is 1. The number of ether oxygens (including phenoxy) is 1. The van der Waals surface area contributed by atoms with Gasteiger partial charge in [0.2, 0.25) is 0 Å². The second-order valence-corrected chi connectivity index (χ2v) is 6.64. The fourth-order valence-electron chi connectivity index (χ4n) is 2.14. The van der Waals surface area contributed by atoms with Crippen LogP contribution in [0.3, 0.4) is 0 Å². The van der Waals surface area contributed by atoms with Crippen molar-refractivity contribution in [1.29, 1.82) is 0 Å². The minimum Gasteiger partial charge on any atom is -0.496 e. The lowest BCUT2D eigenvalue weighted by Crippen LogP contribution is -2.02. The third kappa shape index (κ3) is 3.30. The molecule has 0 aliphatic carbocycles. The second kappa shape index (κ2) is 6.97. The van der Waals surface area contributed by atoms with Crippen LogP contribution < -0.4 is 4.74 Å². The first kappa shape index (κ1) is 15.8. The quantitative estimate of drug-likeness (QED) is 0.505. The molecule has 0 radical (unpaired) electrons. The average Bonchev–Trinajstić information content (AvgIpc) is 3.23. The van der Waals surface area contributed by atoms with Crippen molar-refractivity contribution in [2.24, 2.45) is 7.05 Å². The average molecular weight is 345 g/mol. The number of thiophene rings is 1. The molecule has 0 N–H and O–H groups in total. The smallest absolute Gasteiger partial charge is 0.191 e. The Balaban J connectivity index is 1.78. The van der Waals surface area contributed by atoms with Crippen LogP contribution in [0.4, 0.5) is 0 Å². The number of aromatic nitrogens is 3. The molecular formula is C16H15N3O2S2. The molecule has 0 aliphatic heterocycles. The summed E-state index contributed by atoms with van der Waals surface area (Å²) in [6, 6.07) is 11.4. The number of methoxy groups -OCH3 is 1. The highest BCUT2D eigenvalue weighted by molar-refractivity contribution is 7.99. The number of Topliss-reactive ketones (excluding diaryl/α,β-unsaturated/α-hetero) is 1. The summed E-state index contributed by atoms with van der Waals surface area (Å²) < 4.78 is 7.25. The number of carbonyl (C=O) groups is 1. The van der Waals surface area contributed by atoms with Gasteiger partial charge in [-0.25, -0.2) is 0 Å². The Labute approximate surface area is 142 Å². The maximum Gasteiger partial charge on any atom is 0.191 e. The SMILES string of the molecule is COc1ccccc1-c1nnc(SCC(=O)c2cccs2)n1C.